The Labute approximate surface area is 149 Å². The molecule has 25 heavy (non-hydrogen) atoms. The van der Waals surface area contributed by atoms with Crippen LogP contribution in [-0.2, 0) is 0 Å². The van der Waals surface area contributed by atoms with Crippen LogP contribution in [0.1, 0.15) is 11.1 Å². The van der Waals surface area contributed by atoms with Gasteiger partial charge < -0.3 is 9.80 Å². The lowest BCUT2D eigenvalue weighted by molar-refractivity contribution is 0.246. The van der Waals surface area contributed by atoms with Crippen molar-refractivity contribution in [3.8, 4) is 11.1 Å². The van der Waals surface area contributed by atoms with E-state index < -0.39 is 0 Å². The van der Waals surface area contributed by atoms with Gasteiger partial charge in [0, 0.05) is 42.5 Å². The van der Waals surface area contributed by atoms with Crippen molar-refractivity contribution >= 4 is 16.7 Å². The molecule has 0 bridgehead atoms. The topological polar surface area (TPSA) is 32.3 Å². The Morgan fingerprint density at radius 3 is 2.40 bits per heavy atom. The number of aromatic nitrogens is 2. The van der Waals surface area contributed by atoms with Gasteiger partial charge >= 0.3 is 0 Å². The summed E-state index contributed by atoms with van der Waals surface area (Å²) in [7, 11) is 4.27. The number of nitrogens with zero attached hydrogens (tertiary/aromatic N) is 4. The van der Waals surface area contributed by atoms with E-state index in [1.165, 1.54) is 22.1 Å². The third kappa shape index (κ3) is 2.87. The van der Waals surface area contributed by atoms with E-state index in [1.54, 1.807) is 0 Å². The van der Waals surface area contributed by atoms with Gasteiger partial charge in [-0.05, 0) is 68.9 Å². The molecule has 3 aromatic rings. The molecule has 1 aromatic carbocycles. The zero-order chi connectivity index (χ0) is 17.6. The number of pyridine rings is 2. The Morgan fingerprint density at radius 2 is 1.72 bits per heavy atom. The summed E-state index contributed by atoms with van der Waals surface area (Å²) in [5.74, 6) is 1.07. The molecule has 0 aliphatic carbocycles. The van der Waals surface area contributed by atoms with Crippen LogP contribution in [0.3, 0.4) is 0 Å². The second kappa shape index (κ2) is 6.12. The largest absolute Gasteiger partial charge is 0.353 e. The normalized spacial score (nSPS) is 15.0. The minimum absolute atomic E-state index is 0.640. The number of anilines is 1. The number of fused-ring (bicyclic) bond motifs is 1. The molecule has 0 amide bonds. The van der Waals surface area contributed by atoms with Gasteiger partial charge in [-0.2, -0.15) is 0 Å². The number of benzene rings is 1. The van der Waals surface area contributed by atoms with E-state index in [2.05, 4.69) is 78.0 Å². The molecule has 0 N–H and O–H groups in total. The van der Waals surface area contributed by atoms with Crippen molar-refractivity contribution in [2.75, 3.05) is 32.1 Å². The van der Waals surface area contributed by atoms with E-state index >= 15 is 0 Å². The zero-order valence-corrected chi connectivity index (χ0v) is 15.3. The fourth-order valence-electron chi connectivity index (χ4n) is 3.32. The Bertz CT molecular complexity index is 909. The second-order valence-electron chi connectivity index (χ2n) is 7.23. The summed E-state index contributed by atoms with van der Waals surface area (Å²) in [4.78, 5) is 13.8. The minimum Gasteiger partial charge on any atom is -0.353 e. The molecule has 1 aliphatic rings. The predicted octanol–water partition coefficient (Wildman–Crippen LogP) is 3.66. The summed E-state index contributed by atoms with van der Waals surface area (Å²) < 4.78 is 0. The number of aryl methyl sites for hydroxylation is 2. The first-order chi connectivity index (χ1) is 12.0. The fourth-order valence-corrected chi connectivity index (χ4v) is 3.32. The molecule has 1 fully saturated rings. The number of likely N-dealkylation sites (N-methyl/N-ethyl adjacent to an activating group) is 1. The van der Waals surface area contributed by atoms with Crippen LogP contribution in [0.25, 0.3) is 22.0 Å². The van der Waals surface area contributed by atoms with E-state index in [0.717, 1.165) is 30.0 Å². The maximum absolute atomic E-state index is 4.68. The molecule has 1 saturated heterocycles. The SMILES string of the molecule is Cc1cnc2ccc(-c3ccc(N4CC(N(C)C)C4)nc3)cc2c1C. The molecule has 0 atom stereocenters. The van der Waals surface area contributed by atoms with E-state index in [9.17, 15) is 0 Å². The number of hydrogen-bond acceptors (Lipinski definition) is 4. The van der Waals surface area contributed by atoms with Crippen molar-refractivity contribution in [1.82, 2.24) is 14.9 Å². The molecule has 0 unspecified atom stereocenters. The first kappa shape index (κ1) is 16.0. The summed E-state index contributed by atoms with van der Waals surface area (Å²) in [6.45, 7) is 6.38. The number of hydrogen-bond donors (Lipinski definition) is 0. The van der Waals surface area contributed by atoms with Gasteiger partial charge in [0.05, 0.1) is 5.52 Å². The monoisotopic (exact) mass is 332 g/mol. The van der Waals surface area contributed by atoms with Crippen molar-refractivity contribution in [3.63, 3.8) is 0 Å². The first-order valence-corrected chi connectivity index (χ1v) is 8.76. The first-order valence-electron chi connectivity index (χ1n) is 8.76. The van der Waals surface area contributed by atoms with Crippen LogP contribution in [0, 0.1) is 13.8 Å². The maximum atomic E-state index is 4.68. The highest BCUT2D eigenvalue weighted by Gasteiger charge is 2.28. The van der Waals surface area contributed by atoms with Gasteiger partial charge in [0.25, 0.3) is 0 Å². The summed E-state index contributed by atoms with van der Waals surface area (Å²) in [5.41, 5.74) is 5.91. The van der Waals surface area contributed by atoms with Gasteiger partial charge in [-0.3, -0.25) is 4.98 Å². The van der Waals surface area contributed by atoms with Gasteiger partial charge in [-0.25, -0.2) is 4.98 Å². The molecule has 4 rings (SSSR count). The van der Waals surface area contributed by atoms with Gasteiger partial charge in [0.1, 0.15) is 5.82 Å². The summed E-state index contributed by atoms with van der Waals surface area (Å²) in [6.07, 6.45) is 3.93. The molecule has 4 nitrogen and oxygen atoms in total. The highest BCUT2D eigenvalue weighted by atomic mass is 15.3. The second-order valence-corrected chi connectivity index (χ2v) is 7.23. The van der Waals surface area contributed by atoms with E-state index in [4.69, 9.17) is 0 Å². The molecule has 128 valence electrons. The molecule has 2 aromatic heterocycles. The summed E-state index contributed by atoms with van der Waals surface area (Å²) >= 11 is 0. The van der Waals surface area contributed by atoms with Gasteiger partial charge in [-0.15, -0.1) is 0 Å². The van der Waals surface area contributed by atoms with Crippen LogP contribution < -0.4 is 4.90 Å². The Hall–Kier alpha value is -2.46. The van der Waals surface area contributed by atoms with Crippen LogP contribution in [-0.4, -0.2) is 48.1 Å². The molecule has 3 heterocycles. The lowest BCUT2D eigenvalue weighted by atomic mass is 10.0. The summed E-state index contributed by atoms with van der Waals surface area (Å²) in [6, 6.07) is 11.4. The van der Waals surface area contributed by atoms with E-state index in [-0.39, 0.29) is 0 Å². The van der Waals surface area contributed by atoms with Crippen LogP contribution >= 0.6 is 0 Å². The highest BCUT2D eigenvalue weighted by Crippen LogP contribution is 2.28. The smallest absolute Gasteiger partial charge is 0.128 e. The third-order valence-corrected chi connectivity index (χ3v) is 5.39. The fraction of sp³-hybridized carbons (Fsp3) is 0.333. The quantitative estimate of drug-likeness (QED) is 0.733. The highest BCUT2D eigenvalue weighted by molar-refractivity contribution is 5.87. The van der Waals surface area contributed by atoms with Crippen molar-refractivity contribution in [2.24, 2.45) is 0 Å². The van der Waals surface area contributed by atoms with Crippen molar-refractivity contribution in [1.29, 1.82) is 0 Å². The maximum Gasteiger partial charge on any atom is 0.128 e. The van der Waals surface area contributed by atoms with Crippen molar-refractivity contribution in [3.05, 3.63) is 53.9 Å². The predicted molar refractivity (Wildman–Crippen MR) is 104 cm³/mol. The number of rotatable bonds is 3. The van der Waals surface area contributed by atoms with Crippen LogP contribution in [0.5, 0.6) is 0 Å². The molecule has 1 aliphatic heterocycles. The minimum atomic E-state index is 0.640. The molecular weight excluding hydrogens is 308 g/mol. The van der Waals surface area contributed by atoms with Gasteiger partial charge in [-0.1, -0.05) is 6.07 Å². The van der Waals surface area contributed by atoms with E-state index in [1.807, 2.05) is 12.4 Å². The third-order valence-electron chi connectivity index (χ3n) is 5.39. The Kier molecular flexibility index (Phi) is 3.92. The van der Waals surface area contributed by atoms with Crippen molar-refractivity contribution < 1.29 is 0 Å². The molecule has 4 heteroatoms. The standard InChI is InChI=1S/C21H24N4/c1-14-10-22-20-7-5-16(9-19(20)15(14)2)17-6-8-21(23-11-17)25-12-18(13-25)24(3)4/h5-11,18H,12-13H2,1-4H3. The molecular formula is C21H24N4. The van der Waals surface area contributed by atoms with E-state index in [0.29, 0.717) is 6.04 Å². The lowest BCUT2D eigenvalue weighted by Crippen LogP contribution is -2.57. The molecule has 0 radical (unpaired) electrons. The Balaban J connectivity index is 1.60. The lowest BCUT2D eigenvalue weighted by Gasteiger charge is -2.43. The van der Waals surface area contributed by atoms with Gasteiger partial charge in [0.2, 0.25) is 0 Å². The summed E-state index contributed by atoms with van der Waals surface area (Å²) in [5, 5.41) is 1.22. The van der Waals surface area contributed by atoms with Crippen LogP contribution in [0.15, 0.2) is 42.7 Å². The zero-order valence-electron chi connectivity index (χ0n) is 15.3. The van der Waals surface area contributed by atoms with Crippen molar-refractivity contribution in [2.45, 2.75) is 19.9 Å². The molecule has 0 spiro atoms. The average molecular weight is 332 g/mol. The Morgan fingerprint density at radius 1 is 0.960 bits per heavy atom. The van der Waals surface area contributed by atoms with Gasteiger partial charge in [0.15, 0.2) is 0 Å². The van der Waals surface area contributed by atoms with Crippen LogP contribution in [0.2, 0.25) is 0 Å². The average Bonchev–Trinajstić information content (AvgIpc) is 2.57. The molecule has 0 saturated carbocycles. The van der Waals surface area contributed by atoms with Crippen LogP contribution in [0.4, 0.5) is 5.82 Å².